The number of nitrogens with zero attached hydrogens (tertiary/aromatic N) is 3. The highest BCUT2D eigenvalue weighted by molar-refractivity contribution is 8.00. The van der Waals surface area contributed by atoms with Crippen molar-refractivity contribution in [1.82, 2.24) is 15.2 Å². The van der Waals surface area contributed by atoms with Gasteiger partial charge in [0, 0.05) is 18.1 Å². The van der Waals surface area contributed by atoms with Crippen LogP contribution >= 0.6 is 34.4 Å². The Morgan fingerprint density at radius 3 is 2.93 bits per heavy atom. The number of hydrogen-bond acceptors (Lipinski definition) is 7. The molecule has 0 aromatic carbocycles. The van der Waals surface area contributed by atoms with E-state index in [4.69, 9.17) is 0 Å². The smallest absolute Gasteiger partial charge is 0.205 e. The zero-order valence-corrected chi connectivity index (χ0v) is 10.8. The van der Waals surface area contributed by atoms with Crippen LogP contribution in [0.3, 0.4) is 0 Å². The molecule has 7 heteroatoms. The molecule has 0 spiro atoms. The Balaban J connectivity index is 1.93. The van der Waals surface area contributed by atoms with Crippen molar-refractivity contribution in [3.8, 4) is 0 Å². The van der Waals surface area contributed by atoms with Crippen LogP contribution in [0.2, 0.25) is 0 Å². The first-order chi connectivity index (χ1) is 7.28. The molecule has 0 saturated heterocycles. The number of nitrogens with one attached hydrogen (secondary N) is 1. The molecule has 2 aromatic heterocycles. The van der Waals surface area contributed by atoms with E-state index >= 15 is 0 Å². The number of aromatic nitrogens is 3. The van der Waals surface area contributed by atoms with Gasteiger partial charge in [-0.15, -0.1) is 21.5 Å². The van der Waals surface area contributed by atoms with E-state index in [-0.39, 0.29) is 0 Å². The Hall–Kier alpha value is -0.660. The van der Waals surface area contributed by atoms with Gasteiger partial charge in [0.15, 0.2) is 4.34 Å². The zero-order valence-electron chi connectivity index (χ0n) is 8.35. The lowest BCUT2D eigenvalue weighted by Crippen LogP contribution is -1.84. The Morgan fingerprint density at radius 2 is 2.33 bits per heavy atom. The molecule has 2 heterocycles. The summed E-state index contributed by atoms with van der Waals surface area (Å²) in [5, 5.41) is 15.0. The van der Waals surface area contributed by atoms with Crippen LogP contribution in [0.5, 0.6) is 0 Å². The fraction of sp³-hybridized carbons (Fsp3) is 0.375. The molecule has 80 valence electrons. The van der Waals surface area contributed by atoms with E-state index in [1.165, 1.54) is 0 Å². The fourth-order valence-corrected chi connectivity index (χ4v) is 3.46. The second-order valence-corrected chi connectivity index (χ2v) is 5.94. The SMILES string of the molecule is CNc1nnc(CSc2nc(C)cs2)s1. The van der Waals surface area contributed by atoms with Gasteiger partial charge >= 0.3 is 0 Å². The van der Waals surface area contributed by atoms with Crippen LogP contribution in [0.4, 0.5) is 5.13 Å². The Morgan fingerprint density at radius 1 is 1.47 bits per heavy atom. The number of thioether (sulfide) groups is 1. The van der Waals surface area contributed by atoms with Crippen LogP contribution in [0.1, 0.15) is 10.7 Å². The van der Waals surface area contributed by atoms with Crippen molar-refractivity contribution in [2.75, 3.05) is 12.4 Å². The van der Waals surface area contributed by atoms with Crippen molar-refractivity contribution in [1.29, 1.82) is 0 Å². The third kappa shape index (κ3) is 2.90. The fourth-order valence-electron chi connectivity index (χ4n) is 0.935. The summed E-state index contributed by atoms with van der Waals surface area (Å²) in [7, 11) is 1.85. The average Bonchev–Trinajstić information content (AvgIpc) is 2.83. The van der Waals surface area contributed by atoms with Gasteiger partial charge in [0.25, 0.3) is 0 Å². The number of hydrogen-bond donors (Lipinski definition) is 1. The second-order valence-electron chi connectivity index (χ2n) is 2.79. The van der Waals surface area contributed by atoms with Crippen molar-refractivity contribution in [2.24, 2.45) is 0 Å². The summed E-state index contributed by atoms with van der Waals surface area (Å²) in [5.41, 5.74) is 1.08. The lowest BCUT2D eigenvalue weighted by molar-refractivity contribution is 1.04. The van der Waals surface area contributed by atoms with Crippen LogP contribution in [0.25, 0.3) is 0 Å². The molecule has 0 saturated carbocycles. The summed E-state index contributed by atoms with van der Waals surface area (Å²) >= 11 is 4.96. The topological polar surface area (TPSA) is 50.7 Å². The van der Waals surface area contributed by atoms with Gasteiger partial charge in [-0.1, -0.05) is 23.1 Å². The minimum absolute atomic E-state index is 0.840. The van der Waals surface area contributed by atoms with Gasteiger partial charge < -0.3 is 5.32 Å². The molecular weight excluding hydrogens is 248 g/mol. The number of rotatable bonds is 4. The largest absolute Gasteiger partial charge is 0.363 e. The van der Waals surface area contributed by atoms with Crippen molar-refractivity contribution < 1.29 is 0 Å². The van der Waals surface area contributed by atoms with Gasteiger partial charge in [-0.3, -0.25) is 0 Å². The number of thiazole rings is 1. The van der Waals surface area contributed by atoms with Gasteiger partial charge in [0.1, 0.15) is 5.01 Å². The standard InChI is InChI=1S/C8H10N4S3/c1-5-3-13-8(10-5)14-4-6-11-12-7(9-2)15-6/h3H,4H2,1-2H3,(H,9,12). The predicted molar refractivity (Wildman–Crippen MR) is 65.9 cm³/mol. The third-order valence-corrected chi connectivity index (χ3v) is 4.87. The summed E-state index contributed by atoms with van der Waals surface area (Å²) in [4.78, 5) is 4.38. The van der Waals surface area contributed by atoms with Crippen molar-refractivity contribution >= 4 is 39.6 Å². The first-order valence-electron chi connectivity index (χ1n) is 4.33. The van der Waals surface area contributed by atoms with Gasteiger partial charge in [0.2, 0.25) is 5.13 Å². The van der Waals surface area contributed by atoms with Crippen molar-refractivity contribution in [3.63, 3.8) is 0 Å². The molecule has 0 aliphatic carbocycles. The maximum Gasteiger partial charge on any atom is 0.205 e. The molecule has 1 N–H and O–H groups in total. The highest BCUT2D eigenvalue weighted by atomic mass is 32.2. The van der Waals surface area contributed by atoms with Crippen LogP contribution < -0.4 is 5.32 Å². The Labute approximate surface area is 100 Å². The van der Waals surface area contributed by atoms with E-state index in [0.717, 1.165) is 25.9 Å². The van der Waals surface area contributed by atoms with Gasteiger partial charge in [-0.2, -0.15) is 0 Å². The Kier molecular flexibility index (Phi) is 3.55. The molecule has 0 aliphatic rings. The molecule has 0 radical (unpaired) electrons. The zero-order chi connectivity index (χ0) is 10.7. The van der Waals surface area contributed by atoms with Crippen LogP contribution in [-0.4, -0.2) is 22.2 Å². The van der Waals surface area contributed by atoms with Crippen molar-refractivity contribution in [3.05, 3.63) is 16.1 Å². The molecule has 15 heavy (non-hydrogen) atoms. The molecule has 2 rings (SSSR count). The monoisotopic (exact) mass is 258 g/mol. The van der Waals surface area contributed by atoms with E-state index in [9.17, 15) is 0 Å². The molecule has 0 aliphatic heterocycles. The van der Waals surface area contributed by atoms with E-state index in [0.29, 0.717) is 0 Å². The van der Waals surface area contributed by atoms with Gasteiger partial charge in [-0.25, -0.2) is 4.98 Å². The van der Waals surface area contributed by atoms with Gasteiger partial charge in [0.05, 0.1) is 5.75 Å². The normalized spacial score (nSPS) is 10.5. The molecule has 2 aromatic rings. The second kappa shape index (κ2) is 4.91. The lowest BCUT2D eigenvalue weighted by atomic mass is 10.6. The summed E-state index contributed by atoms with van der Waals surface area (Å²) in [5.74, 6) is 0.840. The molecule has 0 fully saturated rings. The quantitative estimate of drug-likeness (QED) is 0.854. The van der Waals surface area contributed by atoms with Crippen LogP contribution in [0, 0.1) is 6.92 Å². The summed E-state index contributed by atoms with van der Waals surface area (Å²) in [6.07, 6.45) is 0. The van der Waals surface area contributed by atoms with E-state index in [1.807, 2.05) is 14.0 Å². The maximum atomic E-state index is 4.38. The van der Waals surface area contributed by atoms with E-state index < -0.39 is 0 Å². The molecule has 4 nitrogen and oxygen atoms in total. The molecule has 0 unspecified atom stereocenters. The maximum absolute atomic E-state index is 4.38. The van der Waals surface area contributed by atoms with Crippen molar-refractivity contribution in [2.45, 2.75) is 17.0 Å². The van der Waals surface area contributed by atoms with E-state index in [2.05, 4.69) is 25.9 Å². The summed E-state index contributed by atoms with van der Waals surface area (Å²) in [6.45, 7) is 2.00. The third-order valence-electron chi connectivity index (χ3n) is 1.60. The Bertz CT molecular complexity index is 437. The minimum atomic E-state index is 0.840. The van der Waals surface area contributed by atoms with Crippen LogP contribution in [0.15, 0.2) is 9.72 Å². The molecule has 0 bridgehead atoms. The predicted octanol–water partition coefficient (Wildman–Crippen LogP) is 2.64. The highest BCUT2D eigenvalue weighted by Crippen LogP contribution is 2.27. The molecular formula is C8H10N4S3. The highest BCUT2D eigenvalue weighted by Gasteiger charge is 2.05. The van der Waals surface area contributed by atoms with Crippen LogP contribution in [-0.2, 0) is 5.75 Å². The first-order valence-corrected chi connectivity index (χ1v) is 7.01. The summed E-state index contributed by atoms with van der Waals surface area (Å²) < 4.78 is 1.09. The number of aryl methyl sites for hydroxylation is 1. The van der Waals surface area contributed by atoms with Gasteiger partial charge in [-0.05, 0) is 6.92 Å². The number of anilines is 1. The average molecular weight is 258 g/mol. The van der Waals surface area contributed by atoms with E-state index in [1.54, 1.807) is 34.4 Å². The lowest BCUT2D eigenvalue weighted by Gasteiger charge is -1.91. The molecule has 0 amide bonds. The summed E-state index contributed by atoms with van der Waals surface area (Å²) in [6, 6.07) is 0. The minimum Gasteiger partial charge on any atom is -0.363 e. The first kappa shape index (κ1) is 10.8. The molecule has 0 atom stereocenters.